The summed E-state index contributed by atoms with van der Waals surface area (Å²) in [6.45, 7) is -0.542. The summed E-state index contributed by atoms with van der Waals surface area (Å²) >= 11 is 0. The number of rotatable bonds is 6. The number of esters is 2. The molecule has 5 nitrogen and oxygen atoms in total. The second kappa shape index (κ2) is 7.95. The monoisotopic (exact) mass is 300 g/mol. The van der Waals surface area contributed by atoms with Gasteiger partial charge in [0.05, 0.1) is 0 Å². The zero-order valence-electron chi connectivity index (χ0n) is 11.8. The fraction of sp³-hybridized carbons (Fsp3) is 0.176. The molecule has 22 heavy (non-hydrogen) atoms. The number of aliphatic hydroxyl groups is 1. The molecule has 0 bridgehead atoms. The molecule has 0 amide bonds. The van der Waals surface area contributed by atoms with Crippen LogP contribution in [0.4, 0.5) is 0 Å². The van der Waals surface area contributed by atoms with Gasteiger partial charge in [0.2, 0.25) is 0 Å². The highest BCUT2D eigenvalue weighted by atomic mass is 16.6. The van der Waals surface area contributed by atoms with Gasteiger partial charge in [0, 0.05) is 6.42 Å². The predicted octanol–water partition coefficient (Wildman–Crippen LogP) is 1.74. The predicted molar refractivity (Wildman–Crippen MR) is 79.2 cm³/mol. The van der Waals surface area contributed by atoms with Gasteiger partial charge >= 0.3 is 11.9 Å². The quantitative estimate of drug-likeness (QED) is 0.650. The molecule has 1 N–H and O–H groups in total. The number of carbonyl (C=O) groups is 2. The van der Waals surface area contributed by atoms with Gasteiger partial charge in [0.1, 0.15) is 5.75 Å². The number of para-hydroxylation sites is 1. The molecule has 0 saturated carbocycles. The van der Waals surface area contributed by atoms with E-state index in [0.717, 1.165) is 5.56 Å². The zero-order chi connectivity index (χ0) is 15.8. The summed E-state index contributed by atoms with van der Waals surface area (Å²) in [5.41, 5.74) is 0.804. The van der Waals surface area contributed by atoms with Gasteiger partial charge in [0.15, 0.2) is 12.7 Å². The molecule has 5 heteroatoms. The van der Waals surface area contributed by atoms with Gasteiger partial charge in [-0.3, -0.25) is 0 Å². The van der Waals surface area contributed by atoms with E-state index in [1.165, 1.54) is 0 Å². The second-order valence-corrected chi connectivity index (χ2v) is 4.60. The lowest BCUT2D eigenvalue weighted by molar-refractivity contribution is -0.160. The molecule has 0 saturated heterocycles. The molecule has 0 aliphatic carbocycles. The minimum Gasteiger partial charge on any atom is -0.452 e. The Morgan fingerprint density at radius 1 is 0.955 bits per heavy atom. The topological polar surface area (TPSA) is 72.8 Å². The summed E-state index contributed by atoms with van der Waals surface area (Å²) in [7, 11) is 0. The maximum Gasteiger partial charge on any atom is 0.349 e. The van der Waals surface area contributed by atoms with Crippen molar-refractivity contribution in [3.05, 3.63) is 66.2 Å². The highest BCUT2D eigenvalue weighted by molar-refractivity contribution is 5.80. The van der Waals surface area contributed by atoms with Gasteiger partial charge in [-0.1, -0.05) is 48.5 Å². The largest absolute Gasteiger partial charge is 0.452 e. The Morgan fingerprint density at radius 3 is 2.18 bits per heavy atom. The summed E-state index contributed by atoms with van der Waals surface area (Å²) in [5.74, 6) is -1.19. The average Bonchev–Trinajstić information content (AvgIpc) is 2.54. The highest BCUT2D eigenvalue weighted by Gasteiger charge is 2.19. The fourth-order valence-corrected chi connectivity index (χ4v) is 1.80. The smallest absolute Gasteiger partial charge is 0.349 e. The Kier molecular flexibility index (Phi) is 5.68. The van der Waals surface area contributed by atoms with Crippen LogP contribution in [0.3, 0.4) is 0 Å². The molecule has 1 unspecified atom stereocenters. The van der Waals surface area contributed by atoms with Gasteiger partial charge in [0.25, 0.3) is 0 Å². The van der Waals surface area contributed by atoms with E-state index in [1.54, 1.807) is 42.5 Å². The van der Waals surface area contributed by atoms with Crippen molar-refractivity contribution >= 4 is 11.9 Å². The molecule has 2 aromatic rings. The minimum absolute atomic E-state index is 0.132. The molecule has 0 aliphatic rings. The number of carbonyl (C=O) groups excluding carboxylic acids is 2. The Morgan fingerprint density at radius 2 is 1.55 bits per heavy atom. The van der Waals surface area contributed by atoms with Crippen molar-refractivity contribution in [1.29, 1.82) is 0 Å². The molecule has 2 aromatic carbocycles. The highest BCUT2D eigenvalue weighted by Crippen LogP contribution is 2.09. The van der Waals surface area contributed by atoms with Crippen molar-refractivity contribution in [3.63, 3.8) is 0 Å². The summed E-state index contributed by atoms with van der Waals surface area (Å²) in [4.78, 5) is 23.1. The standard InChI is InChI=1S/C17H16O5/c18-15(11-13-7-3-1-4-8-13)17(20)21-12-16(19)22-14-9-5-2-6-10-14/h1-10,15,18H,11-12H2. The minimum atomic E-state index is -1.31. The molecule has 0 spiro atoms. The van der Waals surface area contributed by atoms with Crippen LogP contribution in [0, 0.1) is 0 Å². The number of hydrogen-bond acceptors (Lipinski definition) is 5. The molecule has 0 fully saturated rings. The SMILES string of the molecule is O=C(COC(=O)C(O)Cc1ccccc1)Oc1ccccc1. The van der Waals surface area contributed by atoms with Crippen molar-refractivity contribution in [2.24, 2.45) is 0 Å². The van der Waals surface area contributed by atoms with E-state index >= 15 is 0 Å². The lowest BCUT2D eigenvalue weighted by Crippen LogP contribution is -2.28. The molecule has 0 radical (unpaired) electrons. The Balaban J connectivity index is 1.76. The lowest BCUT2D eigenvalue weighted by atomic mass is 10.1. The van der Waals surface area contributed by atoms with E-state index in [4.69, 9.17) is 9.47 Å². The Labute approximate surface area is 128 Å². The van der Waals surface area contributed by atoms with Crippen molar-refractivity contribution in [2.45, 2.75) is 12.5 Å². The van der Waals surface area contributed by atoms with Crippen LogP contribution in [0.1, 0.15) is 5.56 Å². The third-order valence-electron chi connectivity index (χ3n) is 2.85. The molecule has 1 atom stereocenters. The van der Waals surface area contributed by atoms with E-state index in [1.807, 2.05) is 18.2 Å². The number of hydrogen-bond donors (Lipinski definition) is 1. The van der Waals surface area contributed by atoms with Gasteiger partial charge in [-0.15, -0.1) is 0 Å². The molecule has 0 aromatic heterocycles. The summed E-state index contributed by atoms with van der Waals surface area (Å²) in [6.07, 6.45) is -1.18. The molecule has 114 valence electrons. The first-order chi connectivity index (χ1) is 10.6. The maximum atomic E-state index is 11.6. The number of ether oxygens (including phenoxy) is 2. The van der Waals surface area contributed by atoms with Crippen LogP contribution in [0.5, 0.6) is 5.75 Å². The fourth-order valence-electron chi connectivity index (χ4n) is 1.80. The van der Waals surface area contributed by atoms with Crippen LogP contribution in [0.25, 0.3) is 0 Å². The van der Waals surface area contributed by atoms with Crippen molar-refractivity contribution in [2.75, 3.05) is 6.61 Å². The van der Waals surface area contributed by atoms with Crippen molar-refractivity contribution in [3.8, 4) is 5.75 Å². The normalized spacial score (nSPS) is 11.5. The summed E-state index contributed by atoms with van der Waals surface area (Å²) < 4.78 is 9.71. The number of benzene rings is 2. The van der Waals surface area contributed by atoms with Crippen LogP contribution in [0.15, 0.2) is 60.7 Å². The van der Waals surface area contributed by atoms with Crippen LogP contribution in [-0.2, 0) is 20.7 Å². The second-order valence-electron chi connectivity index (χ2n) is 4.60. The van der Waals surface area contributed by atoms with Crippen molar-refractivity contribution in [1.82, 2.24) is 0 Å². The summed E-state index contributed by atoms with van der Waals surface area (Å²) in [6, 6.07) is 17.5. The molecular weight excluding hydrogens is 284 g/mol. The van der Waals surface area contributed by atoms with E-state index in [0.29, 0.717) is 5.75 Å². The van der Waals surface area contributed by atoms with E-state index < -0.39 is 24.6 Å². The Hall–Kier alpha value is -2.66. The third kappa shape index (κ3) is 5.03. The Bertz CT molecular complexity index is 609. The maximum absolute atomic E-state index is 11.6. The lowest BCUT2D eigenvalue weighted by Gasteiger charge is -2.10. The zero-order valence-corrected chi connectivity index (χ0v) is 11.8. The van der Waals surface area contributed by atoms with Crippen molar-refractivity contribution < 1.29 is 24.2 Å². The van der Waals surface area contributed by atoms with Gasteiger partial charge in [-0.2, -0.15) is 0 Å². The molecule has 0 aliphatic heterocycles. The van der Waals surface area contributed by atoms with E-state index in [9.17, 15) is 14.7 Å². The first kappa shape index (κ1) is 15.7. The van der Waals surface area contributed by atoms with Crippen LogP contribution in [0.2, 0.25) is 0 Å². The third-order valence-corrected chi connectivity index (χ3v) is 2.85. The summed E-state index contributed by atoms with van der Waals surface area (Å²) in [5, 5.41) is 9.75. The van der Waals surface area contributed by atoms with E-state index in [2.05, 4.69) is 0 Å². The molecule has 2 rings (SSSR count). The van der Waals surface area contributed by atoms with Crippen LogP contribution < -0.4 is 4.74 Å². The first-order valence-corrected chi connectivity index (χ1v) is 6.79. The van der Waals surface area contributed by atoms with Gasteiger partial charge in [-0.25, -0.2) is 9.59 Å². The first-order valence-electron chi connectivity index (χ1n) is 6.79. The van der Waals surface area contributed by atoms with Gasteiger partial charge < -0.3 is 14.6 Å². The van der Waals surface area contributed by atoms with Gasteiger partial charge in [-0.05, 0) is 17.7 Å². The van der Waals surface area contributed by atoms with Crippen LogP contribution in [-0.4, -0.2) is 29.8 Å². The van der Waals surface area contributed by atoms with Crippen LogP contribution >= 0.6 is 0 Å². The number of aliphatic hydroxyl groups excluding tert-OH is 1. The molecular formula is C17H16O5. The van der Waals surface area contributed by atoms with E-state index in [-0.39, 0.29) is 6.42 Å². The molecule has 0 heterocycles. The average molecular weight is 300 g/mol.